The monoisotopic (exact) mass is 575 g/mol. The summed E-state index contributed by atoms with van der Waals surface area (Å²) in [4.78, 5) is 40.7. The Kier molecular flexibility index (Phi) is 7.61. The van der Waals surface area contributed by atoms with Gasteiger partial charge in [0.1, 0.15) is 11.2 Å². The zero-order chi connectivity index (χ0) is 29.6. The number of aromatic amines is 1. The second-order valence-electron chi connectivity index (χ2n) is 12.6. The van der Waals surface area contributed by atoms with Crippen molar-refractivity contribution in [3.8, 4) is 11.1 Å². The molecule has 3 aliphatic rings. The predicted molar refractivity (Wildman–Crippen MR) is 159 cm³/mol. The van der Waals surface area contributed by atoms with Crippen molar-refractivity contribution in [3.05, 3.63) is 52.8 Å². The first-order chi connectivity index (χ1) is 20.1. The quantitative estimate of drug-likeness (QED) is 0.459. The molecule has 6 rings (SSSR count). The molecule has 0 saturated carbocycles. The average Bonchev–Trinajstić information content (AvgIpc) is 3.35. The van der Waals surface area contributed by atoms with E-state index in [2.05, 4.69) is 35.1 Å². The van der Waals surface area contributed by atoms with Gasteiger partial charge in [-0.25, -0.2) is 14.6 Å². The van der Waals surface area contributed by atoms with E-state index < -0.39 is 5.60 Å². The van der Waals surface area contributed by atoms with Crippen LogP contribution >= 0.6 is 0 Å². The molecule has 0 spiro atoms. The van der Waals surface area contributed by atoms with Crippen LogP contribution in [0.25, 0.3) is 22.2 Å². The summed E-state index contributed by atoms with van der Waals surface area (Å²) in [5.41, 5.74) is 6.68. The second-order valence-corrected chi connectivity index (χ2v) is 12.6. The van der Waals surface area contributed by atoms with Gasteiger partial charge in [-0.2, -0.15) is 0 Å². The maximum atomic E-state index is 13.7. The normalized spacial score (nSPS) is 21.4. The van der Waals surface area contributed by atoms with E-state index in [4.69, 9.17) is 14.2 Å². The molecule has 2 aromatic heterocycles. The van der Waals surface area contributed by atoms with Gasteiger partial charge in [-0.15, -0.1) is 0 Å². The summed E-state index contributed by atoms with van der Waals surface area (Å²) in [6, 6.07) is 6.28. The van der Waals surface area contributed by atoms with Gasteiger partial charge in [0.25, 0.3) is 0 Å². The van der Waals surface area contributed by atoms with E-state index >= 15 is 0 Å². The molecule has 1 N–H and O–H groups in total. The summed E-state index contributed by atoms with van der Waals surface area (Å²) >= 11 is 0. The molecule has 10 heteroatoms. The van der Waals surface area contributed by atoms with Crippen molar-refractivity contribution in [3.63, 3.8) is 0 Å². The van der Waals surface area contributed by atoms with Crippen LogP contribution in [0, 0.1) is 6.92 Å². The van der Waals surface area contributed by atoms with Crippen LogP contribution in [-0.4, -0.2) is 94.5 Å². The Hall–Kier alpha value is -3.63. The Morgan fingerprint density at radius 2 is 1.79 bits per heavy atom. The van der Waals surface area contributed by atoms with Crippen molar-refractivity contribution in [2.45, 2.75) is 65.3 Å². The number of aromatic nitrogens is 2. The molecule has 3 aliphatic heterocycles. The number of morpholine rings is 2. The van der Waals surface area contributed by atoms with Gasteiger partial charge in [-0.3, -0.25) is 4.90 Å². The lowest BCUT2D eigenvalue weighted by molar-refractivity contribution is -0.0334. The number of H-pyrrole nitrogens is 1. The van der Waals surface area contributed by atoms with E-state index in [9.17, 15) is 9.59 Å². The number of ether oxygens (including phenoxy) is 3. The highest BCUT2D eigenvalue weighted by Crippen LogP contribution is 2.37. The summed E-state index contributed by atoms with van der Waals surface area (Å²) in [5, 5.41) is 1.08. The molecule has 10 nitrogen and oxygen atoms in total. The topological polar surface area (TPSA) is 100 Å². The van der Waals surface area contributed by atoms with Crippen LogP contribution in [0.4, 0.5) is 9.59 Å². The van der Waals surface area contributed by atoms with Crippen LogP contribution in [0.1, 0.15) is 56.0 Å². The van der Waals surface area contributed by atoms with Gasteiger partial charge in [0.05, 0.1) is 38.5 Å². The first-order valence-electron chi connectivity index (χ1n) is 14.9. The zero-order valence-electron chi connectivity index (χ0n) is 25.2. The molecule has 5 heterocycles. The Morgan fingerprint density at radius 3 is 2.55 bits per heavy atom. The fourth-order valence-electron chi connectivity index (χ4n) is 6.21. The van der Waals surface area contributed by atoms with Crippen LogP contribution < -0.4 is 0 Å². The maximum Gasteiger partial charge on any atom is 0.410 e. The molecular formula is C32H41N5O5. The number of urea groups is 1. The minimum absolute atomic E-state index is 0.0307. The fourth-order valence-corrected chi connectivity index (χ4v) is 6.21. The zero-order valence-corrected chi connectivity index (χ0v) is 25.2. The number of hydrogen-bond acceptors (Lipinski definition) is 6. The molecule has 1 aromatic carbocycles. The third-order valence-corrected chi connectivity index (χ3v) is 8.45. The van der Waals surface area contributed by atoms with Crippen molar-refractivity contribution in [2.24, 2.45) is 0 Å². The highest BCUT2D eigenvalue weighted by molar-refractivity contribution is 5.85. The SMILES string of the molecule is Cc1c[nH]c2ncc(-c3cc4c(c(C5COCCN5C(=O)OC(C)(C)C)c3)CN(C(=O)N3CCOCC3C)CC4)cc12. The number of benzene rings is 1. The summed E-state index contributed by atoms with van der Waals surface area (Å²) in [6.07, 6.45) is 4.23. The highest BCUT2D eigenvalue weighted by Gasteiger charge is 2.37. The lowest BCUT2D eigenvalue weighted by atomic mass is 9.87. The molecule has 3 amide bonds. The van der Waals surface area contributed by atoms with E-state index in [1.807, 2.05) is 49.9 Å². The van der Waals surface area contributed by atoms with Gasteiger partial charge >= 0.3 is 12.1 Å². The number of amides is 3. The van der Waals surface area contributed by atoms with E-state index in [-0.39, 0.29) is 24.2 Å². The molecule has 2 unspecified atom stereocenters. The number of carbonyl (C=O) groups excluding carboxylic acids is 2. The number of aryl methyl sites for hydroxylation is 1. The molecule has 0 bridgehead atoms. The van der Waals surface area contributed by atoms with Gasteiger partial charge in [-0.1, -0.05) is 6.07 Å². The van der Waals surface area contributed by atoms with Crippen molar-refractivity contribution in [1.29, 1.82) is 0 Å². The molecule has 224 valence electrons. The first-order valence-corrected chi connectivity index (χ1v) is 14.9. The molecule has 3 aromatic rings. The predicted octanol–water partition coefficient (Wildman–Crippen LogP) is 5.05. The number of hydrogen-bond donors (Lipinski definition) is 1. The van der Waals surface area contributed by atoms with Crippen LogP contribution in [0.15, 0.2) is 30.6 Å². The number of carbonyl (C=O) groups is 2. The average molecular weight is 576 g/mol. The molecule has 2 saturated heterocycles. The smallest absolute Gasteiger partial charge is 0.410 e. The van der Waals surface area contributed by atoms with E-state index in [0.717, 1.165) is 45.3 Å². The van der Waals surface area contributed by atoms with E-state index in [0.29, 0.717) is 52.6 Å². The lowest BCUT2D eigenvalue weighted by Crippen LogP contribution is -2.53. The number of pyridine rings is 1. The van der Waals surface area contributed by atoms with E-state index in [1.165, 1.54) is 5.56 Å². The Morgan fingerprint density at radius 1 is 1.02 bits per heavy atom. The molecule has 2 atom stereocenters. The van der Waals surface area contributed by atoms with Crippen LogP contribution in [0.3, 0.4) is 0 Å². The molecule has 0 radical (unpaired) electrons. The summed E-state index contributed by atoms with van der Waals surface area (Å²) < 4.78 is 17.4. The molecular weight excluding hydrogens is 534 g/mol. The number of rotatable bonds is 2. The van der Waals surface area contributed by atoms with Gasteiger partial charge in [-0.05, 0) is 81.0 Å². The first kappa shape index (κ1) is 28.5. The molecule has 42 heavy (non-hydrogen) atoms. The Balaban J connectivity index is 1.41. The van der Waals surface area contributed by atoms with Crippen molar-refractivity contribution >= 4 is 23.2 Å². The summed E-state index contributed by atoms with van der Waals surface area (Å²) in [7, 11) is 0. The summed E-state index contributed by atoms with van der Waals surface area (Å²) in [5.74, 6) is 0. The number of nitrogens with one attached hydrogen (secondary N) is 1. The largest absolute Gasteiger partial charge is 0.444 e. The fraction of sp³-hybridized carbons (Fsp3) is 0.531. The molecule has 0 aliphatic carbocycles. The van der Waals surface area contributed by atoms with Crippen molar-refractivity contribution in [1.82, 2.24) is 24.7 Å². The van der Waals surface area contributed by atoms with Crippen LogP contribution in [0.2, 0.25) is 0 Å². The van der Waals surface area contributed by atoms with Gasteiger partial charge < -0.3 is 29.0 Å². The van der Waals surface area contributed by atoms with Crippen LogP contribution in [-0.2, 0) is 27.2 Å². The standard InChI is InChI=1S/C32H41N5O5/c1-20-15-33-29-25(20)14-24(16-34-29)23-12-22-6-7-35(30(38)36-8-10-40-18-21(36)2)17-27(22)26(13-23)28-19-41-11-9-37(28)31(39)42-32(3,4)5/h12-16,21,28H,6-11,17-19H2,1-5H3,(H,33,34). The van der Waals surface area contributed by atoms with Gasteiger partial charge in [0, 0.05) is 49.5 Å². The third kappa shape index (κ3) is 5.57. The Labute approximate surface area is 246 Å². The summed E-state index contributed by atoms with van der Waals surface area (Å²) in [6.45, 7) is 13.8. The molecule has 2 fully saturated rings. The lowest BCUT2D eigenvalue weighted by Gasteiger charge is -2.41. The van der Waals surface area contributed by atoms with Crippen LogP contribution in [0.5, 0.6) is 0 Å². The van der Waals surface area contributed by atoms with E-state index in [1.54, 1.807) is 4.90 Å². The Bertz CT molecular complexity index is 1490. The van der Waals surface area contributed by atoms with Gasteiger partial charge in [0.2, 0.25) is 0 Å². The minimum atomic E-state index is -0.616. The number of nitrogens with zero attached hydrogens (tertiary/aromatic N) is 4. The highest BCUT2D eigenvalue weighted by atomic mass is 16.6. The maximum absolute atomic E-state index is 13.7. The van der Waals surface area contributed by atoms with Gasteiger partial charge in [0.15, 0.2) is 0 Å². The van der Waals surface area contributed by atoms with Crippen molar-refractivity contribution < 1.29 is 23.8 Å². The second kappa shape index (κ2) is 11.2. The van der Waals surface area contributed by atoms with Crippen molar-refractivity contribution in [2.75, 3.05) is 46.1 Å². The third-order valence-electron chi connectivity index (χ3n) is 8.45. The minimum Gasteiger partial charge on any atom is -0.444 e. The number of fused-ring (bicyclic) bond motifs is 2.